The number of hydrogen-bond donors (Lipinski definition) is 2. The van der Waals surface area contributed by atoms with Gasteiger partial charge in [-0.25, -0.2) is 0 Å². The van der Waals surface area contributed by atoms with Crippen LogP contribution >= 0.6 is 24.0 Å². The molecule has 0 unspecified atom stereocenters. The molecule has 0 saturated heterocycles. The molecular weight excluding hydrogens is 309 g/mol. The number of benzene rings is 1. The van der Waals surface area contributed by atoms with E-state index in [-0.39, 0.29) is 23.7 Å². The third-order valence-electron chi connectivity index (χ3n) is 3.08. The monoisotopic (exact) mass is 333 g/mol. The van der Waals surface area contributed by atoms with Crippen molar-refractivity contribution in [3.8, 4) is 0 Å². The molecule has 0 heterocycles. The Kier molecular flexibility index (Phi) is 8.90. The van der Waals surface area contributed by atoms with Crippen LogP contribution in [0.3, 0.4) is 0 Å². The van der Waals surface area contributed by atoms with E-state index in [4.69, 9.17) is 17.3 Å². The molecule has 1 amide bonds. The van der Waals surface area contributed by atoms with Crippen LogP contribution in [0.1, 0.15) is 20.3 Å². The van der Waals surface area contributed by atoms with E-state index in [0.717, 1.165) is 12.2 Å². The van der Waals surface area contributed by atoms with Crippen LogP contribution < -0.4 is 11.1 Å². The van der Waals surface area contributed by atoms with Gasteiger partial charge in [0.2, 0.25) is 5.91 Å². The van der Waals surface area contributed by atoms with Gasteiger partial charge in [-0.1, -0.05) is 31.5 Å². The second-order valence-corrected chi connectivity index (χ2v) is 6.35. The lowest BCUT2D eigenvalue weighted by Crippen LogP contribution is -2.37. The van der Waals surface area contributed by atoms with Gasteiger partial charge in [-0.05, 0) is 37.2 Å². The van der Waals surface area contributed by atoms with Gasteiger partial charge in [0.25, 0.3) is 0 Å². The van der Waals surface area contributed by atoms with E-state index < -0.39 is 0 Å². The van der Waals surface area contributed by atoms with Crippen LogP contribution in [0.4, 0.5) is 5.69 Å². The van der Waals surface area contributed by atoms with Crippen molar-refractivity contribution in [2.24, 2.45) is 11.1 Å². The number of anilines is 1. The number of nitrogens with two attached hydrogens (primary N) is 1. The third kappa shape index (κ3) is 8.27. The molecule has 0 spiro atoms. The molecule has 0 aliphatic heterocycles. The Bertz CT molecular complexity index is 452. The summed E-state index contributed by atoms with van der Waals surface area (Å²) in [7, 11) is 2.00. The Labute approximate surface area is 138 Å². The molecule has 0 radical (unpaired) electrons. The van der Waals surface area contributed by atoms with Crippen molar-refractivity contribution >= 4 is 35.6 Å². The fourth-order valence-corrected chi connectivity index (χ4v) is 2.15. The highest BCUT2D eigenvalue weighted by atomic mass is 35.5. The number of carbonyl (C=O) groups is 1. The number of halogens is 2. The van der Waals surface area contributed by atoms with Gasteiger partial charge in [0, 0.05) is 30.2 Å². The second kappa shape index (κ2) is 9.26. The van der Waals surface area contributed by atoms with Crippen LogP contribution in [0, 0.1) is 5.41 Å². The van der Waals surface area contributed by atoms with E-state index in [1.165, 1.54) is 0 Å². The minimum absolute atomic E-state index is 0. The van der Waals surface area contributed by atoms with E-state index in [0.29, 0.717) is 24.5 Å². The molecule has 0 aliphatic carbocycles. The summed E-state index contributed by atoms with van der Waals surface area (Å²) in [5.41, 5.74) is 6.51. The van der Waals surface area contributed by atoms with Crippen LogP contribution in [-0.2, 0) is 4.79 Å². The normalized spacial score (nSPS) is 11.1. The molecular formula is C15H25Cl2N3O. The van der Waals surface area contributed by atoms with Crippen molar-refractivity contribution in [1.29, 1.82) is 0 Å². The van der Waals surface area contributed by atoms with Crippen molar-refractivity contribution in [3.63, 3.8) is 0 Å². The lowest BCUT2D eigenvalue weighted by molar-refractivity contribution is -0.116. The minimum atomic E-state index is -0.00956. The topological polar surface area (TPSA) is 58.4 Å². The molecule has 0 aromatic heterocycles. The average Bonchev–Trinajstić information content (AvgIpc) is 2.36. The van der Waals surface area contributed by atoms with Gasteiger partial charge >= 0.3 is 0 Å². The first-order valence-corrected chi connectivity index (χ1v) is 7.14. The van der Waals surface area contributed by atoms with Gasteiger partial charge in [0.05, 0.1) is 0 Å². The highest BCUT2D eigenvalue weighted by Crippen LogP contribution is 2.16. The maximum Gasteiger partial charge on any atom is 0.225 e. The van der Waals surface area contributed by atoms with Crippen molar-refractivity contribution in [3.05, 3.63) is 29.3 Å². The van der Waals surface area contributed by atoms with Crippen LogP contribution in [0.25, 0.3) is 0 Å². The zero-order valence-corrected chi connectivity index (χ0v) is 14.4. The first kappa shape index (κ1) is 20.2. The zero-order chi connectivity index (χ0) is 15.2. The summed E-state index contributed by atoms with van der Waals surface area (Å²) in [6.07, 6.45) is 0.448. The maximum atomic E-state index is 11.9. The van der Waals surface area contributed by atoms with Crippen LogP contribution in [0.15, 0.2) is 24.3 Å². The molecule has 6 heteroatoms. The number of rotatable bonds is 7. The van der Waals surface area contributed by atoms with E-state index in [1.807, 2.05) is 19.2 Å². The van der Waals surface area contributed by atoms with Crippen LogP contribution in [0.5, 0.6) is 0 Å². The fraction of sp³-hybridized carbons (Fsp3) is 0.533. The molecule has 0 aliphatic rings. The van der Waals surface area contributed by atoms with Crippen molar-refractivity contribution in [1.82, 2.24) is 4.90 Å². The molecule has 1 rings (SSSR count). The molecule has 3 N–H and O–H groups in total. The SMILES string of the molecule is CN(CCC(=O)Nc1cccc(Cl)c1)CC(C)(C)CN.Cl. The maximum absolute atomic E-state index is 11.9. The number of amides is 1. The number of nitrogens with one attached hydrogen (secondary N) is 1. The van der Waals surface area contributed by atoms with E-state index in [1.54, 1.807) is 12.1 Å². The quantitative estimate of drug-likeness (QED) is 0.806. The van der Waals surface area contributed by atoms with Gasteiger partial charge < -0.3 is 16.0 Å². The molecule has 1 aromatic rings. The van der Waals surface area contributed by atoms with Crippen molar-refractivity contribution < 1.29 is 4.79 Å². The largest absolute Gasteiger partial charge is 0.330 e. The summed E-state index contributed by atoms with van der Waals surface area (Å²) in [6, 6.07) is 7.15. The van der Waals surface area contributed by atoms with Gasteiger partial charge in [-0.15, -0.1) is 12.4 Å². The fourth-order valence-electron chi connectivity index (χ4n) is 1.96. The summed E-state index contributed by atoms with van der Waals surface area (Å²) < 4.78 is 0. The van der Waals surface area contributed by atoms with Crippen LogP contribution in [0.2, 0.25) is 5.02 Å². The Morgan fingerprint density at radius 1 is 1.43 bits per heavy atom. The van der Waals surface area contributed by atoms with Gasteiger partial charge in [0.15, 0.2) is 0 Å². The summed E-state index contributed by atoms with van der Waals surface area (Å²) in [5, 5.41) is 3.46. The number of nitrogens with zero attached hydrogens (tertiary/aromatic N) is 1. The first-order valence-electron chi connectivity index (χ1n) is 6.76. The predicted molar refractivity (Wildman–Crippen MR) is 92.3 cm³/mol. The van der Waals surface area contributed by atoms with Gasteiger partial charge in [-0.2, -0.15) is 0 Å². The van der Waals surface area contributed by atoms with E-state index in [9.17, 15) is 4.79 Å². The van der Waals surface area contributed by atoms with Crippen molar-refractivity contribution in [2.45, 2.75) is 20.3 Å². The molecule has 1 aromatic carbocycles. The number of hydrogen-bond acceptors (Lipinski definition) is 3. The Hall–Kier alpha value is -0.810. The molecule has 0 saturated carbocycles. The molecule has 4 nitrogen and oxygen atoms in total. The minimum Gasteiger partial charge on any atom is -0.330 e. The highest BCUT2D eigenvalue weighted by molar-refractivity contribution is 6.30. The summed E-state index contributed by atoms with van der Waals surface area (Å²) in [6.45, 7) is 6.45. The standard InChI is InChI=1S/C15H24ClN3O.ClH/c1-15(2,10-17)11-19(3)8-7-14(20)18-13-6-4-5-12(16)9-13;/h4-6,9H,7-8,10-11,17H2,1-3H3,(H,18,20);1H. The lowest BCUT2D eigenvalue weighted by Gasteiger charge is -2.28. The Morgan fingerprint density at radius 3 is 2.67 bits per heavy atom. The Balaban J connectivity index is 0.00000400. The summed E-state index contributed by atoms with van der Waals surface area (Å²) in [5.74, 6) is -0.00956. The second-order valence-electron chi connectivity index (χ2n) is 5.91. The van der Waals surface area contributed by atoms with Gasteiger partial charge in [-0.3, -0.25) is 4.79 Å². The lowest BCUT2D eigenvalue weighted by atomic mass is 9.93. The summed E-state index contributed by atoms with van der Waals surface area (Å²) >= 11 is 5.87. The van der Waals surface area contributed by atoms with Crippen molar-refractivity contribution in [2.75, 3.05) is 32.0 Å². The smallest absolute Gasteiger partial charge is 0.225 e. The average molecular weight is 334 g/mol. The highest BCUT2D eigenvalue weighted by Gasteiger charge is 2.18. The molecule has 0 bridgehead atoms. The molecule has 120 valence electrons. The molecule has 0 atom stereocenters. The van der Waals surface area contributed by atoms with Gasteiger partial charge in [0.1, 0.15) is 0 Å². The predicted octanol–water partition coefficient (Wildman–Crippen LogP) is 3.01. The van der Waals surface area contributed by atoms with E-state index in [2.05, 4.69) is 24.1 Å². The summed E-state index contributed by atoms with van der Waals surface area (Å²) in [4.78, 5) is 14.0. The molecule has 21 heavy (non-hydrogen) atoms. The Morgan fingerprint density at radius 2 is 2.10 bits per heavy atom. The van der Waals surface area contributed by atoms with Crippen LogP contribution in [-0.4, -0.2) is 37.5 Å². The zero-order valence-electron chi connectivity index (χ0n) is 12.9. The van der Waals surface area contributed by atoms with E-state index >= 15 is 0 Å². The third-order valence-corrected chi connectivity index (χ3v) is 3.31. The molecule has 0 fully saturated rings. The number of carbonyl (C=O) groups excluding carboxylic acids is 1. The first-order chi connectivity index (χ1) is 9.32.